The number of likely N-dealkylation sites (tertiary alicyclic amines) is 1. The monoisotopic (exact) mass is 701 g/mol. The van der Waals surface area contributed by atoms with Crippen LogP contribution in [0.3, 0.4) is 0 Å². The largest absolute Gasteiger partial charge is 0.339 e. The molecule has 3 aromatic carbocycles. The van der Waals surface area contributed by atoms with Crippen molar-refractivity contribution >= 4 is 44.5 Å². The number of imidazole rings is 1. The Hall–Kier alpha value is -3.73. The van der Waals surface area contributed by atoms with Crippen LogP contribution in [0.25, 0.3) is 11.0 Å². The summed E-state index contributed by atoms with van der Waals surface area (Å²) in [6.45, 7) is 5.85. The Balaban J connectivity index is 1.05. The van der Waals surface area contributed by atoms with Crippen LogP contribution in [0, 0.1) is 6.92 Å². The molecule has 4 heterocycles. The van der Waals surface area contributed by atoms with E-state index in [9.17, 15) is 18.0 Å². The molecule has 0 radical (unpaired) electrons. The maximum Gasteiger partial charge on any atom is 0.265 e. The van der Waals surface area contributed by atoms with Gasteiger partial charge in [0.15, 0.2) is 0 Å². The van der Waals surface area contributed by atoms with Crippen molar-refractivity contribution < 1.29 is 18.0 Å². The maximum absolute atomic E-state index is 13.7. The van der Waals surface area contributed by atoms with E-state index in [0.29, 0.717) is 31.2 Å². The average Bonchev–Trinajstić information content (AvgIpc) is 3.57. The van der Waals surface area contributed by atoms with Gasteiger partial charge in [0.05, 0.1) is 16.1 Å². The number of aryl methyl sites for hydroxylation is 1. The molecule has 2 bridgehead atoms. The summed E-state index contributed by atoms with van der Waals surface area (Å²) >= 11 is 6.23. The zero-order chi connectivity index (χ0) is 34.3. The summed E-state index contributed by atoms with van der Waals surface area (Å²) in [4.78, 5) is 34.8. The number of fused-ring (bicyclic) bond motifs is 3. The van der Waals surface area contributed by atoms with Crippen LogP contribution in [0.1, 0.15) is 86.1 Å². The molecule has 0 saturated carbocycles. The summed E-state index contributed by atoms with van der Waals surface area (Å²) in [5.41, 5.74) is 3.80. The Morgan fingerprint density at radius 2 is 1.61 bits per heavy atom. The Morgan fingerprint density at radius 1 is 0.939 bits per heavy atom. The molecule has 4 aromatic rings. The van der Waals surface area contributed by atoms with E-state index in [-0.39, 0.29) is 33.2 Å². The first-order valence-corrected chi connectivity index (χ1v) is 19.3. The van der Waals surface area contributed by atoms with Gasteiger partial charge in [0.25, 0.3) is 15.9 Å². The number of piperidine rings is 2. The van der Waals surface area contributed by atoms with Crippen molar-refractivity contribution in [2.24, 2.45) is 0 Å². The molecule has 2 amide bonds. The highest BCUT2D eigenvalue weighted by Crippen LogP contribution is 2.45. The average molecular weight is 702 g/mol. The predicted molar refractivity (Wildman–Crippen MR) is 191 cm³/mol. The van der Waals surface area contributed by atoms with E-state index in [1.54, 1.807) is 13.0 Å². The van der Waals surface area contributed by atoms with Crippen molar-refractivity contribution in [1.82, 2.24) is 24.1 Å². The molecular weight excluding hydrogens is 658 g/mol. The van der Waals surface area contributed by atoms with E-state index in [1.165, 1.54) is 36.1 Å². The van der Waals surface area contributed by atoms with Crippen LogP contribution >= 0.6 is 11.6 Å². The summed E-state index contributed by atoms with van der Waals surface area (Å²) in [5.74, 6) is 0.225. The number of sulfonamides is 1. The summed E-state index contributed by atoms with van der Waals surface area (Å²) in [5, 5.41) is -0.0406. The fraction of sp³-hybridized carbons (Fsp3) is 0.447. The summed E-state index contributed by atoms with van der Waals surface area (Å²) in [6, 6.07) is 25.0. The zero-order valence-electron chi connectivity index (χ0n) is 28.1. The van der Waals surface area contributed by atoms with Crippen LogP contribution in [0.5, 0.6) is 0 Å². The van der Waals surface area contributed by atoms with E-state index in [2.05, 4.69) is 71.0 Å². The van der Waals surface area contributed by atoms with E-state index < -0.39 is 15.9 Å². The number of amides is 2. The minimum Gasteiger partial charge on any atom is -0.339 e. The van der Waals surface area contributed by atoms with Crippen LogP contribution < -0.4 is 4.72 Å². The summed E-state index contributed by atoms with van der Waals surface area (Å²) < 4.78 is 30.2. The lowest BCUT2D eigenvalue weighted by molar-refractivity contribution is -0.119. The van der Waals surface area contributed by atoms with Gasteiger partial charge in [-0.1, -0.05) is 61.0 Å². The molecule has 0 aliphatic carbocycles. The fourth-order valence-corrected chi connectivity index (χ4v) is 10.3. The maximum atomic E-state index is 13.7. The van der Waals surface area contributed by atoms with Gasteiger partial charge in [-0.05, 0) is 99.7 Å². The minimum atomic E-state index is -4.21. The van der Waals surface area contributed by atoms with Crippen LogP contribution in [0.15, 0.2) is 77.7 Å². The van der Waals surface area contributed by atoms with Gasteiger partial charge in [-0.3, -0.25) is 14.5 Å². The molecule has 258 valence electrons. The van der Waals surface area contributed by atoms with Gasteiger partial charge in [0.1, 0.15) is 10.7 Å². The first-order valence-electron chi connectivity index (χ1n) is 17.5. The molecule has 7 rings (SSSR count). The highest BCUT2D eigenvalue weighted by Gasteiger charge is 2.44. The molecule has 1 N–H and O–H groups in total. The van der Waals surface area contributed by atoms with Crippen molar-refractivity contribution in [3.05, 3.63) is 94.8 Å². The molecule has 49 heavy (non-hydrogen) atoms. The number of carbonyl (C=O) groups excluding carboxylic acids is 2. The van der Waals surface area contributed by atoms with Crippen molar-refractivity contribution in [3.8, 4) is 0 Å². The number of nitrogens with zero attached hydrogens (tertiary/aromatic N) is 4. The van der Waals surface area contributed by atoms with Crippen molar-refractivity contribution in [1.29, 1.82) is 0 Å². The summed E-state index contributed by atoms with van der Waals surface area (Å²) in [6.07, 6.45) is 7.40. The topological polar surface area (TPSA) is 105 Å². The number of carbonyl (C=O) groups is 2. The zero-order valence-corrected chi connectivity index (χ0v) is 29.7. The second kappa shape index (κ2) is 13.5. The molecule has 3 fully saturated rings. The number of rotatable bonds is 9. The molecule has 1 aromatic heterocycles. The first kappa shape index (κ1) is 33.8. The normalized spacial score (nSPS) is 22.3. The van der Waals surface area contributed by atoms with Crippen LogP contribution in [0.2, 0.25) is 5.02 Å². The number of aromatic nitrogens is 2. The molecule has 3 aliphatic heterocycles. The van der Waals surface area contributed by atoms with Crippen molar-refractivity contribution in [3.63, 3.8) is 0 Å². The number of para-hydroxylation sites is 2. The third-order valence-electron chi connectivity index (χ3n) is 11.3. The predicted octanol–water partition coefficient (Wildman–Crippen LogP) is 6.65. The van der Waals surface area contributed by atoms with Gasteiger partial charge in [0.2, 0.25) is 5.91 Å². The summed E-state index contributed by atoms with van der Waals surface area (Å²) in [7, 11) is -4.21. The lowest BCUT2D eigenvalue weighted by atomic mass is 9.70. The van der Waals surface area contributed by atoms with Gasteiger partial charge in [-0.15, -0.1) is 0 Å². The molecule has 3 aliphatic rings. The van der Waals surface area contributed by atoms with E-state index in [1.807, 2.05) is 9.62 Å². The smallest absolute Gasteiger partial charge is 0.265 e. The van der Waals surface area contributed by atoms with Gasteiger partial charge in [-0.25, -0.2) is 18.1 Å². The Labute approximate surface area is 293 Å². The number of hydrogen-bond acceptors (Lipinski definition) is 6. The SMILES string of the molecule is CCC(=O)NS(=O)(=O)c1cc(C(=O)N2CCC(CCN3C4CCC3CC(n3c(C)nc5ccccc53)C4)(c3ccccc3)CC2)ccc1Cl. The second-order valence-corrected chi connectivity index (χ2v) is 16.0. The molecule has 11 heteroatoms. The van der Waals surface area contributed by atoms with Crippen LogP contribution in [-0.4, -0.2) is 71.3 Å². The quantitative estimate of drug-likeness (QED) is 0.210. The minimum absolute atomic E-state index is 0.00857. The molecule has 9 nitrogen and oxygen atoms in total. The number of halogens is 1. The van der Waals surface area contributed by atoms with Crippen molar-refractivity contribution in [2.45, 2.75) is 93.7 Å². The Morgan fingerprint density at radius 3 is 2.31 bits per heavy atom. The molecular formula is C38H44ClN5O4S. The first-order chi connectivity index (χ1) is 23.6. The van der Waals surface area contributed by atoms with Gasteiger partial charge in [-0.2, -0.15) is 0 Å². The third kappa shape index (κ3) is 6.51. The molecule has 0 spiro atoms. The lowest BCUT2D eigenvalue weighted by Crippen LogP contribution is -2.49. The van der Waals surface area contributed by atoms with E-state index in [0.717, 1.165) is 50.0 Å². The lowest BCUT2D eigenvalue weighted by Gasteiger charge is -2.45. The third-order valence-corrected chi connectivity index (χ3v) is 13.1. The van der Waals surface area contributed by atoms with Crippen LogP contribution in [0.4, 0.5) is 0 Å². The van der Waals surface area contributed by atoms with E-state index >= 15 is 0 Å². The van der Waals surface area contributed by atoms with Crippen molar-refractivity contribution in [2.75, 3.05) is 19.6 Å². The molecule has 2 unspecified atom stereocenters. The Kier molecular flexibility index (Phi) is 9.32. The molecule has 2 atom stereocenters. The standard InChI is InChI=1S/C38H44ClN5O4S/c1-3-36(45)41-49(47,48)35-23-27(13-16-32(35)39)37(46)42-20-17-38(18-21-42,28-9-5-4-6-10-28)19-22-43-29-14-15-30(43)25-31(24-29)44-26(2)40-33-11-7-8-12-34(33)44/h4-13,16,23,29-31H,3,14-15,17-22,24-25H2,1-2H3,(H,41,45). The number of benzene rings is 3. The van der Waals surface area contributed by atoms with Gasteiger partial charge in [0, 0.05) is 43.2 Å². The van der Waals surface area contributed by atoms with Gasteiger partial charge < -0.3 is 9.47 Å². The highest BCUT2D eigenvalue weighted by molar-refractivity contribution is 7.90. The number of nitrogens with one attached hydrogen (secondary N) is 1. The number of hydrogen-bond donors (Lipinski definition) is 1. The van der Waals surface area contributed by atoms with Crippen LogP contribution in [-0.2, 0) is 20.2 Å². The molecule has 3 saturated heterocycles. The Bertz CT molecular complexity index is 1960. The second-order valence-electron chi connectivity index (χ2n) is 14.0. The fourth-order valence-electron chi connectivity index (χ4n) is 8.70. The van der Waals surface area contributed by atoms with E-state index in [4.69, 9.17) is 16.6 Å². The van der Waals surface area contributed by atoms with Gasteiger partial charge >= 0.3 is 0 Å². The highest BCUT2D eigenvalue weighted by atomic mass is 35.5.